The van der Waals surface area contributed by atoms with Crippen molar-refractivity contribution in [2.75, 3.05) is 54.5 Å². The molecule has 4 rings (SSSR count). The minimum Gasteiger partial charge on any atom is -0.359 e. The Kier molecular flexibility index (Phi) is 5.84. The van der Waals surface area contributed by atoms with Gasteiger partial charge in [-0.25, -0.2) is 15.0 Å². The van der Waals surface area contributed by atoms with Gasteiger partial charge in [0, 0.05) is 64.4 Å². The van der Waals surface area contributed by atoms with Gasteiger partial charge in [0.15, 0.2) is 0 Å². The van der Waals surface area contributed by atoms with Gasteiger partial charge in [-0.1, -0.05) is 6.07 Å². The first-order chi connectivity index (χ1) is 14.2. The Labute approximate surface area is 172 Å². The highest BCUT2D eigenvalue weighted by Gasteiger charge is 2.20. The van der Waals surface area contributed by atoms with E-state index in [1.165, 1.54) is 5.56 Å². The van der Waals surface area contributed by atoms with Gasteiger partial charge in [-0.2, -0.15) is 0 Å². The third kappa shape index (κ3) is 4.80. The quantitative estimate of drug-likeness (QED) is 0.642. The Morgan fingerprint density at radius 3 is 2.31 bits per heavy atom. The van der Waals surface area contributed by atoms with Gasteiger partial charge in [-0.3, -0.25) is 4.98 Å². The number of hydrogen-bond donors (Lipinski definition) is 0. The lowest BCUT2D eigenvalue weighted by molar-refractivity contribution is 0.640. The molecule has 1 aliphatic heterocycles. The number of pyridine rings is 2. The Morgan fingerprint density at radius 2 is 1.62 bits per heavy atom. The van der Waals surface area contributed by atoms with Gasteiger partial charge in [0.25, 0.3) is 0 Å². The Bertz CT molecular complexity index is 909. The highest BCUT2D eigenvalue weighted by atomic mass is 15.3. The summed E-state index contributed by atoms with van der Waals surface area (Å²) < 4.78 is 0. The molecule has 4 heterocycles. The van der Waals surface area contributed by atoms with E-state index in [2.05, 4.69) is 61.0 Å². The van der Waals surface area contributed by atoms with Crippen LogP contribution in [0.1, 0.15) is 11.4 Å². The van der Waals surface area contributed by atoms with E-state index in [1.807, 2.05) is 37.6 Å². The standard InChI is InChI=1S/C22H27N7/c1-18-25-21(27(2)12-8-19-6-10-23-11-7-19)17-22(26-18)29-15-13-28(14-16-29)20-5-3-4-9-24-20/h3-7,9-11,17H,8,12-16H2,1-2H3. The maximum Gasteiger partial charge on any atom is 0.134 e. The van der Waals surface area contributed by atoms with Crippen LogP contribution >= 0.6 is 0 Å². The van der Waals surface area contributed by atoms with Crippen molar-refractivity contribution < 1.29 is 0 Å². The predicted octanol–water partition coefficient (Wildman–Crippen LogP) is 2.58. The summed E-state index contributed by atoms with van der Waals surface area (Å²) in [5.41, 5.74) is 1.28. The number of hydrogen-bond acceptors (Lipinski definition) is 7. The molecule has 29 heavy (non-hydrogen) atoms. The average molecular weight is 390 g/mol. The van der Waals surface area contributed by atoms with Crippen molar-refractivity contribution >= 4 is 17.5 Å². The molecular weight excluding hydrogens is 362 g/mol. The van der Waals surface area contributed by atoms with Gasteiger partial charge in [0.2, 0.25) is 0 Å². The molecule has 0 N–H and O–H groups in total. The SMILES string of the molecule is Cc1nc(N(C)CCc2ccncc2)cc(N2CCN(c3ccccn3)CC2)n1. The third-order valence-corrected chi connectivity index (χ3v) is 5.26. The molecule has 1 fully saturated rings. The molecule has 0 aliphatic carbocycles. The van der Waals surface area contributed by atoms with Crippen molar-refractivity contribution in [1.82, 2.24) is 19.9 Å². The molecule has 3 aromatic rings. The number of likely N-dealkylation sites (N-methyl/N-ethyl adjacent to an activating group) is 1. The first-order valence-corrected chi connectivity index (χ1v) is 10.1. The van der Waals surface area contributed by atoms with E-state index in [0.29, 0.717) is 0 Å². The average Bonchev–Trinajstić information content (AvgIpc) is 2.78. The molecular formula is C22H27N7. The van der Waals surface area contributed by atoms with Crippen LogP contribution in [-0.2, 0) is 6.42 Å². The molecule has 1 aliphatic rings. The smallest absolute Gasteiger partial charge is 0.134 e. The predicted molar refractivity (Wildman–Crippen MR) is 117 cm³/mol. The summed E-state index contributed by atoms with van der Waals surface area (Å²) in [6, 6.07) is 12.3. The second-order valence-electron chi connectivity index (χ2n) is 7.32. The van der Waals surface area contributed by atoms with Crippen LogP contribution in [-0.4, -0.2) is 59.7 Å². The molecule has 7 heteroatoms. The lowest BCUT2D eigenvalue weighted by Crippen LogP contribution is -2.47. The topological polar surface area (TPSA) is 61.3 Å². The van der Waals surface area contributed by atoms with Crippen LogP contribution in [0, 0.1) is 6.92 Å². The van der Waals surface area contributed by atoms with E-state index < -0.39 is 0 Å². The van der Waals surface area contributed by atoms with Crippen LogP contribution in [0.5, 0.6) is 0 Å². The number of rotatable bonds is 6. The van der Waals surface area contributed by atoms with Crippen molar-refractivity contribution in [2.24, 2.45) is 0 Å². The zero-order valence-corrected chi connectivity index (χ0v) is 17.1. The van der Waals surface area contributed by atoms with Crippen molar-refractivity contribution in [3.63, 3.8) is 0 Å². The Morgan fingerprint density at radius 1 is 0.897 bits per heavy atom. The van der Waals surface area contributed by atoms with E-state index in [1.54, 1.807) is 0 Å². The van der Waals surface area contributed by atoms with Crippen molar-refractivity contribution in [3.8, 4) is 0 Å². The fraction of sp³-hybridized carbons (Fsp3) is 0.364. The van der Waals surface area contributed by atoms with Crippen LogP contribution in [0.4, 0.5) is 17.5 Å². The lowest BCUT2D eigenvalue weighted by Gasteiger charge is -2.36. The van der Waals surface area contributed by atoms with E-state index in [9.17, 15) is 0 Å². The molecule has 0 saturated carbocycles. The first kappa shape index (κ1) is 19.1. The van der Waals surface area contributed by atoms with E-state index >= 15 is 0 Å². The first-order valence-electron chi connectivity index (χ1n) is 10.1. The highest BCUT2D eigenvalue weighted by Crippen LogP contribution is 2.21. The van der Waals surface area contributed by atoms with Crippen LogP contribution in [0.15, 0.2) is 55.0 Å². The number of nitrogens with zero attached hydrogens (tertiary/aromatic N) is 7. The maximum absolute atomic E-state index is 4.70. The summed E-state index contributed by atoms with van der Waals surface area (Å²) in [4.78, 5) is 24.8. The van der Waals surface area contributed by atoms with Gasteiger partial charge >= 0.3 is 0 Å². The minimum absolute atomic E-state index is 0.806. The van der Waals surface area contributed by atoms with Crippen LogP contribution in [0.2, 0.25) is 0 Å². The normalized spacial score (nSPS) is 14.1. The van der Waals surface area contributed by atoms with Gasteiger partial charge < -0.3 is 14.7 Å². The van der Waals surface area contributed by atoms with Crippen molar-refractivity contribution in [1.29, 1.82) is 0 Å². The van der Waals surface area contributed by atoms with Gasteiger partial charge in [-0.05, 0) is 43.2 Å². The fourth-order valence-electron chi connectivity index (χ4n) is 3.56. The molecule has 0 bridgehead atoms. The van der Waals surface area contributed by atoms with E-state index in [4.69, 9.17) is 4.98 Å². The van der Waals surface area contributed by atoms with Crippen LogP contribution < -0.4 is 14.7 Å². The molecule has 150 valence electrons. The number of anilines is 3. The molecule has 0 amide bonds. The molecule has 0 atom stereocenters. The summed E-state index contributed by atoms with van der Waals surface area (Å²) in [5.74, 6) is 3.82. The second-order valence-corrected chi connectivity index (χ2v) is 7.32. The summed E-state index contributed by atoms with van der Waals surface area (Å²) in [5, 5.41) is 0. The summed E-state index contributed by atoms with van der Waals surface area (Å²) in [6.45, 7) is 6.59. The van der Waals surface area contributed by atoms with Crippen molar-refractivity contribution in [2.45, 2.75) is 13.3 Å². The van der Waals surface area contributed by atoms with Gasteiger partial charge in [0.05, 0.1) is 0 Å². The van der Waals surface area contributed by atoms with Gasteiger partial charge in [-0.15, -0.1) is 0 Å². The zero-order chi connectivity index (χ0) is 20.1. The lowest BCUT2D eigenvalue weighted by atomic mass is 10.2. The maximum atomic E-state index is 4.70. The summed E-state index contributed by atoms with van der Waals surface area (Å²) >= 11 is 0. The van der Waals surface area contributed by atoms with Crippen LogP contribution in [0.25, 0.3) is 0 Å². The van der Waals surface area contributed by atoms with E-state index in [0.717, 1.165) is 62.4 Å². The summed E-state index contributed by atoms with van der Waals surface area (Å²) in [6.07, 6.45) is 6.49. The monoisotopic (exact) mass is 389 g/mol. The highest BCUT2D eigenvalue weighted by molar-refractivity contribution is 5.52. The van der Waals surface area contributed by atoms with Gasteiger partial charge in [0.1, 0.15) is 23.3 Å². The number of aryl methyl sites for hydroxylation is 1. The Balaban J connectivity index is 1.40. The number of piperazine rings is 1. The second kappa shape index (κ2) is 8.86. The number of aromatic nitrogens is 4. The van der Waals surface area contributed by atoms with E-state index in [-0.39, 0.29) is 0 Å². The molecule has 7 nitrogen and oxygen atoms in total. The Hall–Kier alpha value is -3.22. The molecule has 1 saturated heterocycles. The molecule has 0 unspecified atom stereocenters. The minimum atomic E-state index is 0.806. The largest absolute Gasteiger partial charge is 0.359 e. The zero-order valence-electron chi connectivity index (χ0n) is 17.1. The molecule has 3 aromatic heterocycles. The molecule has 0 spiro atoms. The third-order valence-electron chi connectivity index (χ3n) is 5.26. The fourth-order valence-corrected chi connectivity index (χ4v) is 3.56. The molecule has 0 aromatic carbocycles. The molecule has 0 radical (unpaired) electrons. The summed E-state index contributed by atoms with van der Waals surface area (Å²) in [7, 11) is 2.09. The van der Waals surface area contributed by atoms with Crippen molar-refractivity contribution in [3.05, 3.63) is 66.4 Å². The van der Waals surface area contributed by atoms with Crippen LogP contribution in [0.3, 0.4) is 0 Å².